The van der Waals surface area contributed by atoms with E-state index in [4.69, 9.17) is 4.74 Å². The Balaban J connectivity index is 1.65. The lowest BCUT2D eigenvalue weighted by molar-refractivity contribution is -0.121. The molecule has 34 heavy (non-hydrogen) atoms. The van der Waals surface area contributed by atoms with Crippen LogP contribution < -0.4 is 10.9 Å². The van der Waals surface area contributed by atoms with Gasteiger partial charge in [-0.15, -0.1) is 0 Å². The minimum absolute atomic E-state index is 0.00793. The molecule has 0 aliphatic rings. The number of hydrogen-bond donors (Lipinski definition) is 1. The lowest BCUT2D eigenvalue weighted by Crippen LogP contribution is -2.29. The Morgan fingerprint density at radius 2 is 1.74 bits per heavy atom. The number of fused-ring (bicyclic) bond motifs is 1. The molecule has 1 amide bonds. The van der Waals surface area contributed by atoms with Gasteiger partial charge in [-0.1, -0.05) is 60.7 Å². The highest BCUT2D eigenvalue weighted by Crippen LogP contribution is 2.16. The zero-order valence-electron chi connectivity index (χ0n) is 19.1. The van der Waals surface area contributed by atoms with Crippen LogP contribution in [-0.4, -0.2) is 33.0 Å². The predicted octanol–water partition coefficient (Wildman–Crippen LogP) is 3.67. The number of amides is 1. The standard InChI is InChI=1S/C26H26N4O4/c1-3-34-26(33)30-23-14-21(15-24(31)28-18(2)20-12-8-5-9-13-20)27-16-22(23)25(32)29(30)17-19-10-6-4-7-11-19/h4-14,16,18H,3,15,17H2,1-2H3,(H,28,31)/t18-/m1/s1. The Morgan fingerprint density at radius 3 is 2.41 bits per heavy atom. The van der Waals surface area contributed by atoms with Crippen LogP contribution in [0.1, 0.15) is 36.7 Å². The molecule has 0 aliphatic heterocycles. The molecule has 0 bridgehead atoms. The molecule has 1 N–H and O–H groups in total. The van der Waals surface area contributed by atoms with Gasteiger partial charge in [0.1, 0.15) is 0 Å². The predicted molar refractivity (Wildman–Crippen MR) is 129 cm³/mol. The molecule has 0 saturated heterocycles. The number of pyridine rings is 1. The Kier molecular flexibility index (Phi) is 6.87. The third-order valence-corrected chi connectivity index (χ3v) is 5.51. The van der Waals surface area contributed by atoms with Gasteiger partial charge in [-0.3, -0.25) is 14.6 Å². The molecule has 8 nitrogen and oxygen atoms in total. The highest BCUT2D eigenvalue weighted by Gasteiger charge is 2.21. The lowest BCUT2D eigenvalue weighted by atomic mass is 10.1. The van der Waals surface area contributed by atoms with Gasteiger partial charge in [-0.25, -0.2) is 9.48 Å². The zero-order chi connectivity index (χ0) is 24.1. The molecular weight excluding hydrogens is 432 g/mol. The van der Waals surface area contributed by atoms with Crippen molar-refractivity contribution >= 4 is 22.9 Å². The van der Waals surface area contributed by atoms with Crippen molar-refractivity contribution in [2.75, 3.05) is 6.61 Å². The fourth-order valence-electron chi connectivity index (χ4n) is 3.85. The fourth-order valence-corrected chi connectivity index (χ4v) is 3.85. The van der Waals surface area contributed by atoms with Gasteiger partial charge in [-0.2, -0.15) is 4.68 Å². The molecule has 2 aromatic carbocycles. The summed E-state index contributed by atoms with van der Waals surface area (Å²) in [6, 6.07) is 20.5. The fraction of sp³-hybridized carbons (Fsp3) is 0.231. The first kappa shape index (κ1) is 23.0. The van der Waals surface area contributed by atoms with E-state index in [1.54, 1.807) is 13.0 Å². The minimum atomic E-state index is -0.662. The van der Waals surface area contributed by atoms with E-state index in [2.05, 4.69) is 10.3 Å². The smallest absolute Gasteiger partial charge is 0.433 e. The van der Waals surface area contributed by atoms with Crippen LogP contribution >= 0.6 is 0 Å². The van der Waals surface area contributed by atoms with Crippen molar-refractivity contribution in [3.05, 3.63) is 100 Å². The third-order valence-electron chi connectivity index (χ3n) is 5.51. The number of hydrogen-bond acceptors (Lipinski definition) is 5. The Morgan fingerprint density at radius 1 is 1.06 bits per heavy atom. The number of ether oxygens (including phenoxy) is 1. The number of nitrogens with zero attached hydrogens (tertiary/aromatic N) is 3. The van der Waals surface area contributed by atoms with Gasteiger partial charge in [-0.05, 0) is 31.0 Å². The van der Waals surface area contributed by atoms with E-state index in [0.717, 1.165) is 11.1 Å². The molecule has 1 atom stereocenters. The number of nitrogens with one attached hydrogen (secondary N) is 1. The molecular formula is C26H26N4O4. The van der Waals surface area contributed by atoms with E-state index < -0.39 is 6.09 Å². The van der Waals surface area contributed by atoms with Crippen LogP contribution in [0.3, 0.4) is 0 Å². The maximum Gasteiger partial charge on any atom is 0.433 e. The number of carbonyl (C=O) groups is 2. The van der Waals surface area contributed by atoms with Crippen LogP contribution in [0.5, 0.6) is 0 Å². The number of rotatable bonds is 7. The normalized spacial score (nSPS) is 11.8. The van der Waals surface area contributed by atoms with Gasteiger partial charge in [0.15, 0.2) is 0 Å². The molecule has 0 fully saturated rings. The summed E-state index contributed by atoms with van der Waals surface area (Å²) in [5, 5.41) is 3.24. The van der Waals surface area contributed by atoms with Crippen molar-refractivity contribution in [3.63, 3.8) is 0 Å². The third kappa shape index (κ3) is 4.91. The van der Waals surface area contributed by atoms with E-state index in [9.17, 15) is 14.4 Å². The first-order valence-electron chi connectivity index (χ1n) is 11.1. The van der Waals surface area contributed by atoms with Crippen LogP contribution in [0.2, 0.25) is 0 Å². The molecule has 174 valence electrons. The monoisotopic (exact) mass is 458 g/mol. The Labute approximate surface area is 196 Å². The second kappa shape index (κ2) is 10.2. The molecule has 0 aliphatic carbocycles. The van der Waals surface area contributed by atoms with E-state index in [0.29, 0.717) is 11.2 Å². The van der Waals surface area contributed by atoms with E-state index >= 15 is 0 Å². The lowest BCUT2D eigenvalue weighted by Gasteiger charge is -2.14. The molecule has 8 heteroatoms. The van der Waals surface area contributed by atoms with Crippen molar-refractivity contribution in [1.29, 1.82) is 0 Å². The first-order valence-corrected chi connectivity index (χ1v) is 11.1. The molecule has 2 heterocycles. The second-order valence-corrected chi connectivity index (χ2v) is 7.93. The topological polar surface area (TPSA) is 95.2 Å². The zero-order valence-corrected chi connectivity index (χ0v) is 19.1. The molecule has 4 aromatic rings. The average molecular weight is 459 g/mol. The van der Waals surface area contributed by atoms with Gasteiger partial charge in [0.05, 0.1) is 42.2 Å². The maximum absolute atomic E-state index is 13.1. The first-order chi connectivity index (χ1) is 16.5. The van der Waals surface area contributed by atoms with Gasteiger partial charge < -0.3 is 10.1 Å². The Bertz CT molecular complexity index is 1360. The van der Waals surface area contributed by atoms with Crippen LogP contribution in [0, 0.1) is 0 Å². The molecule has 0 unspecified atom stereocenters. The largest absolute Gasteiger partial charge is 0.448 e. The summed E-state index contributed by atoms with van der Waals surface area (Å²) >= 11 is 0. The highest BCUT2D eigenvalue weighted by atomic mass is 16.6. The summed E-state index contributed by atoms with van der Waals surface area (Å²) in [6.45, 7) is 3.97. The van der Waals surface area contributed by atoms with Crippen molar-refractivity contribution in [3.8, 4) is 0 Å². The number of carbonyl (C=O) groups excluding carboxylic acids is 2. The van der Waals surface area contributed by atoms with Crippen LogP contribution in [-0.2, 0) is 22.5 Å². The quantitative estimate of drug-likeness (QED) is 0.456. The molecule has 0 saturated carbocycles. The van der Waals surface area contributed by atoms with Crippen molar-refractivity contribution in [2.24, 2.45) is 0 Å². The number of aromatic nitrogens is 3. The number of benzene rings is 2. The SMILES string of the molecule is CCOC(=O)n1c2cc(CC(=O)N[C@H](C)c3ccccc3)ncc2c(=O)n1Cc1ccccc1. The summed E-state index contributed by atoms with van der Waals surface area (Å²) in [4.78, 5) is 42.9. The summed E-state index contributed by atoms with van der Waals surface area (Å²) in [7, 11) is 0. The molecule has 0 spiro atoms. The van der Waals surface area contributed by atoms with Gasteiger partial charge in [0.25, 0.3) is 5.56 Å². The van der Waals surface area contributed by atoms with Crippen molar-refractivity contribution in [2.45, 2.75) is 32.9 Å². The van der Waals surface area contributed by atoms with Crippen molar-refractivity contribution < 1.29 is 14.3 Å². The average Bonchev–Trinajstić information content (AvgIpc) is 3.11. The molecule has 0 radical (unpaired) electrons. The highest BCUT2D eigenvalue weighted by molar-refractivity contribution is 5.88. The van der Waals surface area contributed by atoms with Gasteiger partial charge in [0, 0.05) is 6.20 Å². The van der Waals surface area contributed by atoms with E-state index in [1.807, 2.05) is 67.6 Å². The molecule has 2 aromatic heterocycles. The van der Waals surface area contributed by atoms with E-state index in [-0.39, 0.29) is 42.5 Å². The summed E-state index contributed by atoms with van der Waals surface area (Å²) < 4.78 is 7.78. The summed E-state index contributed by atoms with van der Waals surface area (Å²) in [5.41, 5.74) is 2.30. The van der Waals surface area contributed by atoms with Gasteiger partial charge >= 0.3 is 6.09 Å². The second-order valence-electron chi connectivity index (χ2n) is 7.93. The van der Waals surface area contributed by atoms with Gasteiger partial charge in [0.2, 0.25) is 5.91 Å². The summed E-state index contributed by atoms with van der Waals surface area (Å²) in [5.74, 6) is -0.211. The van der Waals surface area contributed by atoms with Crippen molar-refractivity contribution in [1.82, 2.24) is 19.7 Å². The van der Waals surface area contributed by atoms with E-state index in [1.165, 1.54) is 15.6 Å². The molecule has 4 rings (SSSR count). The minimum Gasteiger partial charge on any atom is -0.448 e. The Hall–Kier alpha value is -4.20. The van der Waals surface area contributed by atoms with Crippen LogP contribution in [0.25, 0.3) is 10.9 Å². The maximum atomic E-state index is 13.1. The van der Waals surface area contributed by atoms with Crippen LogP contribution in [0.15, 0.2) is 77.7 Å². The summed E-state index contributed by atoms with van der Waals surface area (Å²) in [6.07, 6.45) is 0.761. The van der Waals surface area contributed by atoms with Crippen LogP contribution in [0.4, 0.5) is 4.79 Å².